The maximum Gasteiger partial charge on any atom is 0.138 e. The highest BCUT2D eigenvalue weighted by Crippen LogP contribution is 2.51. The maximum absolute atomic E-state index is 7.12. The molecule has 0 radical (unpaired) electrons. The fourth-order valence-electron chi connectivity index (χ4n) is 9.39. The van der Waals surface area contributed by atoms with Gasteiger partial charge in [0.25, 0.3) is 0 Å². The molecule has 0 atom stereocenters. The maximum atomic E-state index is 7.12. The molecule has 3 nitrogen and oxygen atoms in total. The summed E-state index contributed by atoms with van der Waals surface area (Å²) in [5.74, 6) is 1.64. The van der Waals surface area contributed by atoms with E-state index in [9.17, 15) is 0 Å². The summed E-state index contributed by atoms with van der Waals surface area (Å²) in [7, 11) is 0. The second kappa shape index (κ2) is 16.2. The Morgan fingerprint density at radius 1 is 0.231 bits per heavy atom. The summed E-state index contributed by atoms with van der Waals surface area (Å²) < 4.78 is 7.12. The largest absolute Gasteiger partial charge is 0.456 e. The molecule has 12 rings (SSSR count). The molecule has 0 N–H and O–H groups in total. The van der Waals surface area contributed by atoms with Crippen molar-refractivity contribution < 1.29 is 4.74 Å². The van der Waals surface area contributed by atoms with Crippen molar-refractivity contribution >= 4 is 55.7 Å². The van der Waals surface area contributed by atoms with Crippen molar-refractivity contribution in [2.75, 3.05) is 9.80 Å². The Balaban J connectivity index is 0.965. The van der Waals surface area contributed by atoms with Gasteiger partial charge in [-0.2, -0.15) is 0 Å². The number of nitrogens with zero attached hydrogens (tertiary/aromatic N) is 2. The normalized spacial score (nSPS) is 11.5. The van der Waals surface area contributed by atoms with Crippen molar-refractivity contribution in [2.45, 2.75) is 0 Å². The first-order valence-corrected chi connectivity index (χ1v) is 22.1. The first-order chi connectivity index (χ1) is 32.2. The van der Waals surface area contributed by atoms with Crippen LogP contribution in [0.4, 0.5) is 34.1 Å². The van der Waals surface area contributed by atoms with E-state index in [4.69, 9.17) is 4.74 Å². The van der Waals surface area contributed by atoms with Crippen LogP contribution in [0.15, 0.2) is 255 Å². The number of rotatable bonds is 9. The molecule has 65 heavy (non-hydrogen) atoms. The molecule has 0 bridgehead atoms. The molecule has 0 aliphatic carbocycles. The van der Waals surface area contributed by atoms with Crippen LogP contribution in [0.2, 0.25) is 0 Å². The van der Waals surface area contributed by atoms with Gasteiger partial charge in [-0.3, -0.25) is 0 Å². The predicted octanol–water partition coefficient (Wildman–Crippen LogP) is 17.7. The van der Waals surface area contributed by atoms with Gasteiger partial charge in [0.1, 0.15) is 11.5 Å². The Kier molecular flexibility index (Phi) is 9.50. The van der Waals surface area contributed by atoms with Crippen molar-refractivity contribution in [3.63, 3.8) is 0 Å². The first kappa shape index (κ1) is 38.0. The fraction of sp³-hybridized carbons (Fsp3) is 0. The zero-order valence-electron chi connectivity index (χ0n) is 35.6. The van der Waals surface area contributed by atoms with Gasteiger partial charge in [-0.05, 0) is 122 Å². The predicted molar refractivity (Wildman–Crippen MR) is 273 cm³/mol. The van der Waals surface area contributed by atoms with E-state index in [1.807, 2.05) is 0 Å². The van der Waals surface area contributed by atoms with E-state index in [0.717, 1.165) is 67.5 Å². The smallest absolute Gasteiger partial charge is 0.138 e. The number of hydrogen-bond donors (Lipinski definition) is 0. The molecule has 11 aromatic rings. The minimum absolute atomic E-state index is 0.816. The van der Waals surface area contributed by atoms with E-state index < -0.39 is 0 Å². The summed E-state index contributed by atoms with van der Waals surface area (Å²) >= 11 is 0. The highest BCUT2D eigenvalue weighted by Gasteiger charge is 2.25. The van der Waals surface area contributed by atoms with E-state index in [-0.39, 0.29) is 0 Å². The zero-order valence-corrected chi connectivity index (χ0v) is 35.6. The minimum Gasteiger partial charge on any atom is -0.456 e. The molecule has 1 heterocycles. The molecule has 1 aliphatic rings. The number of ether oxygens (including phenoxy) is 1. The van der Waals surface area contributed by atoms with Crippen LogP contribution in [0.3, 0.4) is 0 Å². The van der Waals surface area contributed by atoms with Gasteiger partial charge in [0.05, 0.1) is 5.69 Å². The number of fused-ring (bicyclic) bond motifs is 3. The topological polar surface area (TPSA) is 15.7 Å². The highest BCUT2D eigenvalue weighted by atomic mass is 16.5. The van der Waals surface area contributed by atoms with Crippen LogP contribution in [0.25, 0.3) is 66.1 Å². The number of benzene rings is 11. The van der Waals surface area contributed by atoms with Crippen molar-refractivity contribution in [1.82, 2.24) is 0 Å². The molecular weight excluding hydrogens is 789 g/mol. The van der Waals surface area contributed by atoms with Gasteiger partial charge in [-0.25, -0.2) is 0 Å². The Morgan fingerprint density at radius 3 is 1.18 bits per heavy atom. The first-order valence-electron chi connectivity index (χ1n) is 22.1. The average Bonchev–Trinajstić information content (AvgIpc) is 3.38. The summed E-state index contributed by atoms with van der Waals surface area (Å²) in [6, 6.07) is 91.2. The third-order valence-corrected chi connectivity index (χ3v) is 12.6. The molecule has 11 aromatic carbocycles. The average molecular weight is 831 g/mol. The van der Waals surface area contributed by atoms with Crippen LogP contribution in [0.5, 0.6) is 11.5 Å². The molecule has 0 spiro atoms. The molecule has 0 saturated heterocycles. The molecule has 0 amide bonds. The second-order valence-corrected chi connectivity index (χ2v) is 16.6. The summed E-state index contributed by atoms with van der Waals surface area (Å²) in [5, 5.41) is 4.62. The summed E-state index contributed by atoms with van der Waals surface area (Å²) in [6.45, 7) is 0. The van der Waals surface area contributed by atoms with E-state index >= 15 is 0 Å². The quantitative estimate of drug-likeness (QED) is 0.144. The molecule has 306 valence electrons. The fourth-order valence-corrected chi connectivity index (χ4v) is 9.39. The number of anilines is 6. The zero-order chi connectivity index (χ0) is 43.1. The van der Waals surface area contributed by atoms with Crippen LogP contribution in [-0.4, -0.2) is 0 Å². The molecule has 0 fully saturated rings. The summed E-state index contributed by atoms with van der Waals surface area (Å²) in [6.07, 6.45) is 0. The Hall–Kier alpha value is -8.66. The van der Waals surface area contributed by atoms with Gasteiger partial charge in [0.15, 0.2) is 0 Å². The summed E-state index contributed by atoms with van der Waals surface area (Å²) in [4.78, 5) is 4.67. The molecule has 0 unspecified atom stereocenters. The molecule has 0 saturated carbocycles. The third-order valence-electron chi connectivity index (χ3n) is 12.6. The van der Waals surface area contributed by atoms with Crippen molar-refractivity contribution in [3.05, 3.63) is 255 Å². The monoisotopic (exact) mass is 830 g/mol. The van der Waals surface area contributed by atoms with Gasteiger partial charge in [-0.1, -0.05) is 176 Å². The van der Waals surface area contributed by atoms with Crippen LogP contribution in [-0.2, 0) is 0 Å². The van der Waals surface area contributed by atoms with Crippen LogP contribution in [0, 0.1) is 0 Å². The van der Waals surface area contributed by atoms with E-state index in [0.29, 0.717) is 0 Å². The van der Waals surface area contributed by atoms with Gasteiger partial charge in [0, 0.05) is 51.5 Å². The second-order valence-electron chi connectivity index (χ2n) is 16.6. The van der Waals surface area contributed by atoms with Gasteiger partial charge in [-0.15, -0.1) is 0 Å². The van der Waals surface area contributed by atoms with Crippen LogP contribution >= 0.6 is 0 Å². The Labute approximate surface area is 379 Å². The van der Waals surface area contributed by atoms with Crippen molar-refractivity contribution in [1.29, 1.82) is 0 Å². The Bertz CT molecular complexity index is 3390. The Morgan fingerprint density at radius 2 is 0.631 bits per heavy atom. The van der Waals surface area contributed by atoms with Crippen LogP contribution < -0.4 is 14.5 Å². The lowest BCUT2D eigenvalue weighted by molar-refractivity contribution is 0.487. The lowest BCUT2D eigenvalue weighted by Gasteiger charge is -2.30. The minimum atomic E-state index is 0.816. The molecule has 1 aliphatic heterocycles. The van der Waals surface area contributed by atoms with E-state index in [1.54, 1.807) is 0 Å². The third kappa shape index (κ3) is 7.16. The summed E-state index contributed by atoms with van der Waals surface area (Å²) in [5.41, 5.74) is 15.6. The molecular formula is C62H42N2O. The lowest BCUT2D eigenvalue weighted by atomic mass is 9.93. The molecule has 3 heteroatoms. The van der Waals surface area contributed by atoms with Gasteiger partial charge < -0.3 is 14.5 Å². The SMILES string of the molecule is c1ccc(-c2ccc(N(c3ccc(-c4ccccc4)cc3)c3ccc4c(c3)Oc3cc(N(c5ccc(-c6ccccc6)cc5)c5ccc6ccccc6c5)cc5cccc-4c35)cc2)cc1. The van der Waals surface area contributed by atoms with Gasteiger partial charge >= 0.3 is 0 Å². The van der Waals surface area contributed by atoms with E-state index in [1.165, 1.54) is 44.2 Å². The standard InChI is InChI=1S/C62H42N2O/c1-4-13-43(14-5-1)47-23-30-52(31-24-47)63(53-32-25-48(26-33-53)44-15-6-2-7-16-44)56-37-38-58-59-22-12-21-51-40-57(42-61(62(51)59)65-60(58)41-56)64(55-36-29-46-19-10-11-20-50(46)39-55)54-34-27-49(28-35-54)45-17-8-3-9-18-45/h1-42H. The lowest BCUT2D eigenvalue weighted by Crippen LogP contribution is -2.11. The van der Waals surface area contributed by atoms with Gasteiger partial charge in [0.2, 0.25) is 0 Å². The van der Waals surface area contributed by atoms with Crippen molar-refractivity contribution in [3.8, 4) is 56.0 Å². The van der Waals surface area contributed by atoms with E-state index in [2.05, 4.69) is 265 Å². The highest BCUT2D eigenvalue weighted by molar-refractivity contribution is 6.07. The van der Waals surface area contributed by atoms with Crippen LogP contribution in [0.1, 0.15) is 0 Å². The number of hydrogen-bond acceptors (Lipinski definition) is 3. The molecule has 0 aromatic heterocycles. The van der Waals surface area contributed by atoms with Crippen molar-refractivity contribution in [2.24, 2.45) is 0 Å².